The van der Waals surface area contributed by atoms with E-state index in [0.29, 0.717) is 11.8 Å². The van der Waals surface area contributed by atoms with Crippen molar-refractivity contribution in [2.45, 2.75) is 39.3 Å². The summed E-state index contributed by atoms with van der Waals surface area (Å²) < 4.78 is 7.52. The number of aryl methyl sites for hydroxylation is 1. The lowest BCUT2D eigenvalue weighted by Gasteiger charge is -2.13. The molecule has 0 saturated heterocycles. The molecule has 3 aromatic rings. The molecule has 2 N–H and O–H groups in total. The molecule has 0 atom stereocenters. The first-order valence-electron chi connectivity index (χ1n) is 9.30. The highest BCUT2D eigenvalue weighted by Gasteiger charge is 2.16. The number of benzene rings is 2. The van der Waals surface area contributed by atoms with Crippen LogP contribution in [-0.4, -0.2) is 16.7 Å². The summed E-state index contributed by atoms with van der Waals surface area (Å²) in [6.07, 6.45) is 3.13. The second-order valence-corrected chi connectivity index (χ2v) is 7.03. The molecule has 3 rings (SSSR count). The largest absolute Gasteiger partial charge is 0.398 e. The third-order valence-electron chi connectivity index (χ3n) is 4.70. The summed E-state index contributed by atoms with van der Waals surface area (Å²) in [4.78, 5) is 4.57. The predicted octanol–water partition coefficient (Wildman–Crippen LogP) is 5.32. The maximum absolute atomic E-state index is 6.37. The lowest BCUT2D eigenvalue weighted by atomic mass is 10.0. The summed E-state index contributed by atoms with van der Waals surface area (Å²) in [7, 11) is 1.68. The summed E-state index contributed by atoms with van der Waals surface area (Å²) in [6, 6.07) is 16.4. The average molecular weight is 384 g/mol. The van der Waals surface area contributed by atoms with Crippen molar-refractivity contribution in [1.29, 1.82) is 0 Å². The third kappa shape index (κ3) is 4.52. The molecule has 0 amide bonds. The van der Waals surface area contributed by atoms with Gasteiger partial charge in [0.1, 0.15) is 5.82 Å². The fourth-order valence-corrected chi connectivity index (χ4v) is 3.48. The standard InChI is InChI=1S/C22H26ClN3O/c1-3-4-9-21-25-22(23)20(15-27-2)26(21)14-16-10-12-17(13-11-16)18-7-5-6-8-19(18)24/h5-8,10-13H,3-4,9,14-15,24H2,1-2H3. The Hall–Kier alpha value is -2.30. The van der Waals surface area contributed by atoms with Gasteiger partial charge in [-0.05, 0) is 23.6 Å². The van der Waals surface area contributed by atoms with E-state index in [2.05, 4.69) is 40.7 Å². The van der Waals surface area contributed by atoms with Gasteiger partial charge in [-0.2, -0.15) is 0 Å². The fourth-order valence-electron chi connectivity index (χ4n) is 3.22. The first-order chi connectivity index (χ1) is 13.1. The Kier molecular flexibility index (Phi) is 6.54. The Morgan fingerprint density at radius 2 is 1.85 bits per heavy atom. The van der Waals surface area contributed by atoms with Crippen molar-refractivity contribution in [3.8, 4) is 11.1 Å². The van der Waals surface area contributed by atoms with Crippen molar-refractivity contribution in [1.82, 2.24) is 9.55 Å². The molecule has 0 aliphatic heterocycles. The van der Waals surface area contributed by atoms with Crippen LogP contribution in [0.2, 0.25) is 5.15 Å². The van der Waals surface area contributed by atoms with E-state index in [1.54, 1.807) is 7.11 Å². The molecule has 0 aliphatic carbocycles. The number of rotatable bonds is 8. The van der Waals surface area contributed by atoms with Gasteiger partial charge in [-0.3, -0.25) is 0 Å². The number of anilines is 1. The van der Waals surface area contributed by atoms with Crippen molar-refractivity contribution in [2.75, 3.05) is 12.8 Å². The fraction of sp³-hybridized carbons (Fsp3) is 0.318. The first kappa shape index (κ1) is 19.5. The van der Waals surface area contributed by atoms with E-state index in [0.717, 1.165) is 54.1 Å². The van der Waals surface area contributed by atoms with Gasteiger partial charge in [0.05, 0.1) is 12.3 Å². The van der Waals surface area contributed by atoms with Gasteiger partial charge in [-0.15, -0.1) is 0 Å². The van der Waals surface area contributed by atoms with Crippen LogP contribution in [-0.2, 0) is 24.3 Å². The molecule has 1 aromatic heterocycles. The number of ether oxygens (including phenoxy) is 1. The quantitative estimate of drug-likeness (QED) is 0.535. The molecule has 0 spiro atoms. The first-order valence-corrected chi connectivity index (χ1v) is 9.68. The van der Waals surface area contributed by atoms with E-state index in [9.17, 15) is 0 Å². The molecule has 4 nitrogen and oxygen atoms in total. The molecule has 27 heavy (non-hydrogen) atoms. The van der Waals surface area contributed by atoms with Gasteiger partial charge in [-0.1, -0.05) is 67.4 Å². The van der Waals surface area contributed by atoms with Gasteiger partial charge in [0.25, 0.3) is 0 Å². The Morgan fingerprint density at radius 3 is 2.52 bits per heavy atom. The van der Waals surface area contributed by atoms with E-state index in [1.807, 2.05) is 24.3 Å². The van der Waals surface area contributed by atoms with Crippen LogP contribution in [0.25, 0.3) is 11.1 Å². The number of nitrogens with zero attached hydrogens (tertiary/aromatic N) is 2. The van der Waals surface area contributed by atoms with Gasteiger partial charge >= 0.3 is 0 Å². The van der Waals surface area contributed by atoms with Gasteiger partial charge in [-0.25, -0.2) is 4.98 Å². The normalized spacial score (nSPS) is 11.1. The topological polar surface area (TPSA) is 53.1 Å². The monoisotopic (exact) mass is 383 g/mol. The zero-order valence-electron chi connectivity index (χ0n) is 15.9. The average Bonchev–Trinajstić information content (AvgIpc) is 2.96. The lowest BCUT2D eigenvalue weighted by Crippen LogP contribution is -2.10. The third-order valence-corrected chi connectivity index (χ3v) is 5.01. The minimum atomic E-state index is 0.455. The van der Waals surface area contributed by atoms with Crippen LogP contribution >= 0.6 is 11.6 Å². The molecule has 0 saturated carbocycles. The van der Waals surface area contributed by atoms with E-state index in [1.165, 1.54) is 5.56 Å². The number of nitrogens with two attached hydrogens (primary N) is 1. The number of nitrogen functional groups attached to an aromatic ring is 1. The molecule has 0 aliphatic rings. The van der Waals surface area contributed by atoms with E-state index in [-0.39, 0.29) is 0 Å². The van der Waals surface area contributed by atoms with Gasteiger partial charge in [0.2, 0.25) is 0 Å². The SMILES string of the molecule is CCCCc1nc(Cl)c(COC)n1Cc1ccc(-c2ccccc2N)cc1. The van der Waals surface area contributed by atoms with Crippen LogP contribution in [0, 0.1) is 0 Å². The van der Waals surface area contributed by atoms with Crippen LogP contribution in [0.1, 0.15) is 36.8 Å². The number of halogens is 1. The molecule has 1 heterocycles. The highest BCUT2D eigenvalue weighted by Crippen LogP contribution is 2.27. The second-order valence-electron chi connectivity index (χ2n) is 6.67. The second kappa shape index (κ2) is 9.07. The molecule has 5 heteroatoms. The Labute approximate surface area is 165 Å². The molecule has 2 aromatic carbocycles. The van der Waals surface area contributed by atoms with Crippen LogP contribution < -0.4 is 5.73 Å². The Balaban J connectivity index is 1.87. The van der Waals surface area contributed by atoms with E-state index in [4.69, 9.17) is 22.1 Å². The molecule has 0 fully saturated rings. The Bertz CT molecular complexity index is 887. The molecule has 0 bridgehead atoms. The molecule has 0 radical (unpaired) electrons. The van der Waals surface area contributed by atoms with Crippen molar-refractivity contribution in [3.05, 3.63) is 70.8 Å². The van der Waals surface area contributed by atoms with Crippen molar-refractivity contribution in [3.63, 3.8) is 0 Å². The van der Waals surface area contributed by atoms with Crippen molar-refractivity contribution < 1.29 is 4.74 Å². The van der Waals surface area contributed by atoms with Crippen LogP contribution in [0.15, 0.2) is 48.5 Å². The minimum absolute atomic E-state index is 0.455. The number of methoxy groups -OCH3 is 1. The number of aromatic nitrogens is 2. The number of para-hydroxylation sites is 1. The van der Waals surface area contributed by atoms with Crippen LogP contribution in [0.5, 0.6) is 0 Å². The highest BCUT2D eigenvalue weighted by atomic mass is 35.5. The molecule has 0 unspecified atom stereocenters. The minimum Gasteiger partial charge on any atom is -0.398 e. The predicted molar refractivity (Wildman–Crippen MR) is 112 cm³/mol. The summed E-state index contributed by atoms with van der Waals surface area (Å²) in [5.41, 5.74) is 11.2. The molecular formula is C22H26ClN3O. The highest BCUT2D eigenvalue weighted by molar-refractivity contribution is 6.30. The van der Waals surface area contributed by atoms with E-state index < -0.39 is 0 Å². The summed E-state index contributed by atoms with van der Waals surface area (Å²) in [6.45, 7) is 3.36. The number of hydrogen-bond acceptors (Lipinski definition) is 3. The summed E-state index contributed by atoms with van der Waals surface area (Å²) in [5.74, 6) is 1.02. The maximum Gasteiger partial charge on any atom is 0.153 e. The van der Waals surface area contributed by atoms with E-state index >= 15 is 0 Å². The van der Waals surface area contributed by atoms with Crippen LogP contribution in [0.3, 0.4) is 0 Å². The van der Waals surface area contributed by atoms with Gasteiger partial charge in [0.15, 0.2) is 5.15 Å². The number of unbranched alkanes of at least 4 members (excludes halogenated alkanes) is 1. The van der Waals surface area contributed by atoms with Gasteiger partial charge < -0.3 is 15.0 Å². The summed E-state index contributed by atoms with van der Waals surface area (Å²) in [5, 5.41) is 0.539. The number of hydrogen-bond donors (Lipinski definition) is 1. The molecular weight excluding hydrogens is 358 g/mol. The lowest BCUT2D eigenvalue weighted by molar-refractivity contribution is 0.178. The van der Waals surface area contributed by atoms with Crippen molar-refractivity contribution >= 4 is 17.3 Å². The Morgan fingerprint density at radius 1 is 1.11 bits per heavy atom. The van der Waals surface area contributed by atoms with Gasteiger partial charge in [0, 0.05) is 31.3 Å². The summed E-state index contributed by atoms with van der Waals surface area (Å²) >= 11 is 6.37. The smallest absolute Gasteiger partial charge is 0.153 e. The zero-order valence-corrected chi connectivity index (χ0v) is 16.7. The molecule has 142 valence electrons. The van der Waals surface area contributed by atoms with Crippen molar-refractivity contribution in [2.24, 2.45) is 0 Å². The zero-order chi connectivity index (χ0) is 19.2. The number of imidazole rings is 1. The maximum atomic E-state index is 6.37. The van der Waals surface area contributed by atoms with Crippen LogP contribution in [0.4, 0.5) is 5.69 Å².